The quantitative estimate of drug-likeness (QED) is 0.693. The van der Waals surface area contributed by atoms with E-state index < -0.39 is 0 Å². The normalized spacial score (nSPS) is 11.2. The van der Waals surface area contributed by atoms with Gasteiger partial charge in [-0.1, -0.05) is 42.5 Å². The lowest BCUT2D eigenvalue weighted by molar-refractivity contribution is 0.648. The smallest absolute Gasteiger partial charge is 0.113 e. The molecule has 0 amide bonds. The lowest BCUT2D eigenvalue weighted by Crippen LogP contribution is -2.16. The van der Waals surface area contributed by atoms with Crippen molar-refractivity contribution in [1.29, 1.82) is 0 Å². The number of hydrogen-bond donors (Lipinski definition) is 0. The summed E-state index contributed by atoms with van der Waals surface area (Å²) in [5, 5.41) is 0. The highest BCUT2D eigenvalue weighted by Gasteiger charge is 1.96. The number of rotatable bonds is 2. The minimum atomic E-state index is 0.721. The van der Waals surface area contributed by atoms with Crippen molar-refractivity contribution in [3.63, 3.8) is 0 Å². The molecule has 0 saturated carbocycles. The van der Waals surface area contributed by atoms with Crippen LogP contribution in [0.2, 0.25) is 0 Å². The number of thiocarbonyl (C=S) groups is 1. The molecular weight excluding hydrogens is 198 g/mol. The summed E-state index contributed by atoms with van der Waals surface area (Å²) in [6, 6.07) is 10.5. The van der Waals surface area contributed by atoms with Gasteiger partial charge in [-0.05, 0) is 5.56 Å². The van der Waals surface area contributed by atoms with E-state index in [9.17, 15) is 0 Å². The molecule has 3 heteroatoms. The van der Waals surface area contributed by atoms with Crippen molar-refractivity contribution in [2.75, 3.05) is 14.1 Å². The summed E-state index contributed by atoms with van der Waals surface area (Å²) in [6.07, 6.45) is 0. The lowest BCUT2D eigenvalue weighted by atomic mass is 10.2. The van der Waals surface area contributed by atoms with Crippen molar-refractivity contribution in [2.24, 2.45) is 0 Å². The van der Waals surface area contributed by atoms with Crippen LogP contribution in [0, 0.1) is 0 Å². The van der Waals surface area contributed by atoms with Crippen LogP contribution < -0.4 is 0 Å². The van der Waals surface area contributed by atoms with Gasteiger partial charge < -0.3 is 4.90 Å². The van der Waals surface area contributed by atoms with Crippen LogP contribution in [0.15, 0.2) is 30.3 Å². The second-order valence-corrected chi connectivity index (χ2v) is 4.97. The van der Waals surface area contributed by atoms with E-state index >= 15 is 0 Å². The molecule has 0 aromatic heterocycles. The highest BCUT2D eigenvalue weighted by atomic mass is 32.2. The van der Waals surface area contributed by atoms with E-state index in [2.05, 4.69) is 24.3 Å². The fraction of sp³-hybridized carbons (Fsp3) is 0.300. The van der Waals surface area contributed by atoms with E-state index in [1.54, 1.807) is 0 Å². The number of nitrogens with zero attached hydrogens (tertiary/aromatic N) is 1. The summed E-state index contributed by atoms with van der Waals surface area (Å²) in [4.78, 5) is 2.01. The van der Waals surface area contributed by atoms with E-state index in [4.69, 9.17) is 12.2 Å². The molecule has 0 N–H and O–H groups in total. The third-order valence-electron chi connectivity index (χ3n) is 1.69. The SMILES string of the molecule is CN(C)C(=S)[SH2]Cc1ccccc1. The zero-order valence-electron chi connectivity index (χ0n) is 7.95. The average Bonchev–Trinajstić information content (AvgIpc) is 2.15. The van der Waals surface area contributed by atoms with E-state index in [0.29, 0.717) is 0 Å². The number of hydrogen-bond acceptors (Lipinski definition) is 1. The molecule has 13 heavy (non-hydrogen) atoms. The summed E-state index contributed by atoms with van der Waals surface area (Å²) in [6.45, 7) is 0. The van der Waals surface area contributed by atoms with Crippen molar-refractivity contribution >= 4 is 28.3 Å². The Balaban J connectivity index is 2.40. The summed E-state index contributed by atoms with van der Waals surface area (Å²) in [5.41, 5.74) is 1.37. The first-order valence-electron chi connectivity index (χ1n) is 4.19. The van der Waals surface area contributed by atoms with Gasteiger partial charge in [-0.25, -0.2) is 11.8 Å². The molecule has 0 fully saturated rings. The Morgan fingerprint density at radius 2 is 1.92 bits per heavy atom. The molecule has 0 aliphatic heterocycles. The summed E-state index contributed by atoms with van der Waals surface area (Å²) in [7, 11) is 4.00. The fourth-order valence-corrected chi connectivity index (χ4v) is 2.06. The minimum Gasteiger partial charge on any atom is -0.365 e. The lowest BCUT2D eigenvalue weighted by Gasteiger charge is -2.14. The van der Waals surface area contributed by atoms with E-state index in [1.165, 1.54) is 5.56 Å². The maximum atomic E-state index is 5.22. The van der Waals surface area contributed by atoms with Crippen LogP contribution in [0.5, 0.6) is 0 Å². The minimum absolute atomic E-state index is 0.721. The van der Waals surface area contributed by atoms with Gasteiger partial charge in [0.1, 0.15) is 4.32 Å². The van der Waals surface area contributed by atoms with Crippen LogP contribution in [-0.2, 0) is 5.75 Å². The summed E-state index contributed by atoms with van der Waals surface area (Å²) < 4.78 is 1.05. The van der Waals surface area contributed by atoms with Gasteiger partial charge in [-0.3, -0.25) is 0 Å². The molecule has 0 saturated heterocycles. The van der Waals surface area contributed by atoms with Gasteiger partial charge in [-0.2, -0.15) is 0 Å². The van der Waals surface area contributed by atoms with Gasteiger partial charge in [0.15, 0.2) is 0 Å². The summed E-state index contributed by atoms with van der Waals surface area (Å²) >= 11 is 5.94. The first-order valence-corrected chi connectivity index (χ1v) is 5.81. The average molecular weight is 213 g/mol. The zero-order valence-corrected chi connectivity index (χ0v) is 9.77. The van der Waals surface area contributed by atoms with Crippen LogP contribution >= 0.6 is 24.0 Å². The zero-order chi connectivity index (χ0) is 9.68. The molecular formula is C10H15NS2. The Morgan fingerprint density at radius 3 is 2.46 bits per heavy atom. The van der Waals surface area contributed by atoms with Crippen LogP contribution in [0.4, 0.5) is 0 Å². The first-order chi connectivity index (χ1) is 6.20. The van der Waals surface area contributed by atoms with Gasteiger partial charge >= 0.3 is 0 Å². The Bertz CT molecular complexity index is 270. The first kappa shape index (κ1) is 10.5. The van der Waals surface area contributed by atoms with Crippen molar-refractivity contribution < 1.29 is 0 Å². The molecule has 1 aromatic rings. The highest BCUT2D eigenvalue weighted by molar-refractivity contribution is 8.22. The molecule has 0 spiro atoms. The summed E-state index contributed by atoms with van der Waals surface area (Å²) in [5.74, 6) is 1.07. The van der Waals surface area contributed by atoms with E-state index in [1.807, 2.05) is 25.1 Å². The molecule has 0 aliphatic carbocycles. The van der Waals surface area contributed by atoms with E-state index in [-0.39, 0.29) is 0 Å². The van der Waals surface area contributed by atoms with Crippen LogP contribution in [0.1, 0.15) is 5.56 Å². The molecule has 0 atom stereocenters. The van der Waals surface area contributed by atoms with Crippen LogP contribution in [0.3, 0.4) is 0 Å². The van der Waals surface area contributed by atoms with E-state index in [0.717, 1.165) is 21.8 Å². The van der Waals surface area contributed by atoms with Gasteiger partial charge in [0.2, 0.25) is 0 Å². The molecule has 0 aliphatic rings. The van der Waals surface area contributed by atoms with Gasteiger partial charge in [0.05, 0.1) is 0 Å². The second kappa shape index (κ2) is 5.25. The largest absolute Gasteiger partial charge is 0.365 e. The molecule has 0 bridgehead atoms. The molecule has 0 radical (unpaired) electrons. The monoisotopic (exact) mass is 213 g/mol. The maximum Gasteiger partial charge on any atom is 0.113 e. The predicted molar refractivity (Wildman–Crippen MR) is 66.8 cm³/mol. The molecule has 1 aromatic carbocycles. The van der Waals surface area contributed by atoms with Crippen molar-refractivity contribution in [2.45, 2.75) is 5.75 Å². The van der Waals surface area contributed by atoms with Crippen molar-refractivity contribution in [3.05, 3.63) is 35.9 Å². The van der Waals surface area contributed by atoms with Crippen molar-refractivity contribution in [3.8, 4) is 0 Å². The van der Waals surface area contributed by atoms with Gasteiger partial charge in [0, 0.05) is 19.8 Å². The molecule has 72 valence electrons. The molecule has 1 nitrogen and oxygen atoms in total. The fourth-order valence-electron chi connectivity index (χ4n) is 0.932. The Hall–Kier alpha value is -0.540. The predicted octanol–water partition coefficient (Wildman–Crippen LogP) is 2.23. The number of benzene rings is 1. The third kappa shape index (κ3) is 3.79. The molecule has 0 heterocycles. The standard InChI is InChI=1S/C10H15NS2/c1-11(2)10(12)13-8-9-6-4-3-5-7-9/h3-7H,8,13H2,1-2H3. The topological polar surface area (TPSA) is 3.24 Å². The Morgan fingerprint density at radius 1 is 1.31 bits per heavy atom. The highest BCUT2D eigenvalue weighted by Crippen LogP contribution is 2.14. The van der Waals surface area contributed by atoms with Gasteiger partial charge in [-0.15, -0.1) is 0 Å². The molecule has 0 unspecified atom stereocenters. The van der Waals surface area contributed by atoms with Crippen molar-refractivity contribution in [1.82, 2.24) is 4.90 Å². The van der Waals surface area contributed by atoms with Crippen LogP contribution in [0.25, 0.3) is 0 Å². The Labute approximate surface area is 89.1 Å². The molecule has 1 rings (SSSR count). The van der Waals surface area contributed by atoms with Crippen LogP contribution in [-0.4, -0.2) is 23.3 Å². The van der Waals surface area contributed by atoms with Gasteiger partial charge in [0.25, 0.3) is 0 Å². The Kier molecular flexibility index (Phi) is 4.25. The maximum absolute atomic E-state index is 5.22. The third-order valence-corrected chi connectivity index (χ3v) is 3.83. The second-order valence-electron chi connectivity index (χ2n) is 3.04.